The van der Waals surface area contributed by atoms with Crippen LogP contribution in [0.4, 0.5) is 5.95 Å². The number of aromatic nitrogens is 7. The Morgan fingerprint density at radius 1 is 1.09 bits per heavy atom. The predicted molar refractivity (Wildman–Crippen MR) is 120 cm³/mol. The summed E-state index contributed by atoms with van der Waals surface area (Å²) >= 11 is 0. The Morgan fingerprint density at radius 2 is 1.84 bits per heavy atom. The van der Waals surface area contributed by atoms with E-state index in [-0.39, 0.29) is 11.1 Å². The highest BCUT2D eigenvalue weighted by molar-refractivity contribution is 5.74. The van der Waals surface area contributed by atoms with Gasteiger partial charge in [0.1, 0.15) is 5.39 Å². The Balaban J connectivity index is 1.29. The van der Waals surface area contributed by atoms with Crippen molar-refractivity contribution in [2.24, 2.45) is 20.0 Å². The Bertz CT molecular complexity index is 1380. The number of pyridine rings is 1. The minimum Gasteiger partial charge on any atom is -0.342 e. The van der Waals surface area contributed by atoms with E-state index in [1.54, 1.807) is 58.9 Å². The van der Waals surface area contributed by atoms with Gasteiger partial charge in [-0.1, -0.05) is 0 Å². The number of rotatable bonds is 4. The van der Waals surface area contributed by atoms with Crippen molar-refractivity contribution in [1.82, 2.24) is 33.9 Å². The Labute approximate surface area is 183 Å². The number of anilines is 1. The molecule has 0 radical (unpaired) electrons. The van der Waals surface area contributed by atoms with Crippen LogP contribution in [0, 0.1) is 5.92 Å². The van der Waals surface area contributed by atoms with Crippen LogP contribution in [-0.2, 0) is 20.6 Å². The fraction of sp³-hybridized carbons (Fsp3) is 0.364. The number of hydrogen-bond donors (Lipinski definition) is 0. The molecule has 5 heterocycles. The fourth-order valence-electron chi connectivity index (χ4n) is 4.27. The van der Waals surface area contributed by atoms with Gasteiger partial charge in [0, 0.05) is 63.9 Å². The molecule has 0 unspecified atom stereocenters. The van der Waals surface area contributed by atoms with Crippen molar-refractivity contribution >= 4 is 17.0 Å². The van der Waals surface area contributed by atoms with Crippen molar-refractivity contribution in [3.8, 4) is 11.3 Å². The van der Waals surface area contributed by atoms with Crippen LogP contribution in [0.3, 0.4) is 0 Å². The van der Waals surface area contributed by atoms with Gasteiger partial charge in [-0.2, -0.15) is 10.1 Å². The maximum Gasteiger partial charge on any atom is 0.265 e. The van der Waals surface area contributed by atoms with E-state index in [4.69, 9.17) is 0 Å². The summed E-state index contributed by atoms with van der Waals surface area (Å²) in [7, 11) is 3.53. The standard InChI is InChI=1S/C22H24N8O2/c1-27-13-17-20(26-27)25-22(28(2)21(17)32)29-9-5-15(6-10-29)12-30-14-24-18(11-19(30)31)16-3-7-23-8-4-16/h3-4,7-8,11,13-15H,5-6,9-10,12H2,1-2H3. The minimum atomic E-state index is -0.0906. The molecule has 0 bridgehead atoms. The maximum absolute atomic E-state index is 12.7. The highest BCUT2D eigenvalue weighted by Crippen LogP contribution is 2.23. The summed E-state index contributed by atoms with van der Waals surface area (Å²) in [6.07, 6.45) is 8.50. The van der Waals surface area contributed by atoms with E-state index in [2.05, 4.69) is 25.0 Å². The number of piperidine rings is 1. The molecular formula is C22H24N8O2. The van der Waals surface area contributed by atoms with Gasteiger partial charge >= 0.3 is 0 Å². The fourth-order valence-corrected chi connectivity index (χ4v) is 4.27. The lowest BCUT2D eigenvalue weighted by molar-refractivity contribution is 0.348. The third-order valence-corrected chi connectivity index (χ3v) is 6.06. The highest BCUT2D eigenvalue weighted by Gasteiger charge is 2.24. The topological polar surface area (TPSA) is 104 Å². The van der Waals surface area contributed by atoms with Gasteiger partial charge in [0.25, 0.3) is 11.1 Å². The third kappa shape index (κ3) is 3.68. The van der Waals surface area contributed by atoms with Crippen molar-refractivity contribution in [3.05, 3.63) is 63.8 Å². The Kier molecular flexibility index (Phi) is 5.04. The van der Waals surface area contributed by atoms with Crippen LogP contribution in [0.1, 0.15) is 12.8 Å². The van der Waals surface area contributed by atoms with Crippen molar-refractivity contribution < 1.29 is 0 Å². The first-order valence-electron chi connectivity index (χ1n) is 10.6. The first-order chi connectivity index (χ1) is 15.5. The summed E-state index contributed by atoms with van der Waals surface area (Å²) in [5.74, 6) is 0.994. The number of fused-ring (bicyclic) bond motifs is 1. The first kappa shape index (κ1) is 20.1. The zero-order chi connectivity index (χ0) is 22.2. The molecular weight excluding hydrogens is 408 g/mol. The van der Waals surface area contributed by atoms with E-state index in [0.717, 1.165) is 31.5 Å². The number of hydrogen-bond acceptors (Lipinski definition) is 7. The van der Waals surface area contributed by atoms with Crippen LogP contribution >= 0.6 is 0 Å². The van der Waals surface area contributed by atoms with Crippen LogP contribution in [0.5, 0.6) is 0 Å². The van der Waals surface area contributed by atoms with Crippen LogP contribution in [0.25, 0.3) is 22.3 Å². The van der Waals surface area contributed by atoms with Crippen molar-refractivity contribution in [3.63, 3.8) is 0 Å². The van der Waals surface area contributed by atoms with Gasteiger partial charge in [-0.05, 0) is 30.9 Å². The molecule has 1 saturated heterocycles. The normalized spacial score (nSPS) is 14.9. The molecule has 4 aromatic heterocycles. The van der Waals surface area contributed by atoms with Gasteiger partial charge in [0.05, 0.1) is 12.0 Å². The van der Waals surface area contributed by atoms with Crippen LogP contribution in [0.2, 0.25) is 0 Å². The van der Waals surface area contributed by atoms with Gasteiger partial charge in [-0.3, -0.25) is 28.4 Å². The molecule has 10 nitrogen and oxygen atoms in total. The molecule has 0 saturated carbocycles. The average Bonchev–Trinajstić information content (AvgIpc) is 3.19. The zero-order valence-electron chi connectivity index (χ0n) is 18.0. The molecule has 0 aliphatic carbocycles. The van der Waals surface area contributed by atoms with E-state index >= 15 is 0 Å². The molecule has 0 atom stereocenters. The Hall–Kier alpha value is -3.82. The summed E-state index contributed by atoms with van der Waals surface area (Å²) < 4.78 is 4.89. The van der Waals surface area contributed by atoms with Gasteiger partial charge in [0.15, 0.2) is 5.65 Å². The van der Waals surface area contributed by atoms with E-state index in [1.165, 1.54) is 0 Å². The van der Waals surface area contributed by atoms with Crippen LogP contribution in [0.15, 0.2) is 52.7 Å². The molecule has 0 aromatic carbocycles. The monoisotopic (exact) mass is 432 g/mol. The molecule has 0 N–H and O–H groups in total. The number of nitrogens with zero attached hydrogens (tertiary/aromatic N) is 8. The van der Waals surface area contributed by atoms with Gasteiger partial charge in [-0.25, -0.2) is 4.98 Å². The molecule has 0 amide bonds. The van der Waals surface area contributed by atoms with E-state index in [0.29, 0.717) is 35.1 Å². The van der Waals surface area contributed by atoms with Crippen molar-refractivity contribution in [2.45, 2.75) is 19.4 Å². The van der Waals surface area contributed by atoms with Crippen LogP contribution in [-0.4, -0.2) is 47.0 Å². The SMILES string of the molecule is Cn1cc2c(=O)n(C)c(N3CCC(Cn4cnc(-c5ccncc5)cc4=O)CC3)nc2n1. The summed E-state index contributed by atoms with van der Waals surface area (Å²) in [5, 5.41) is 4.82. The Morgan fingerprint density at radius 3 is 2.56 bits per heavy atom. The summed E-state index contributed by atoms with van der Waals surface area (Å²) in [6.45, 7) is 2.16. The molecule has 5 rings (SSSR count). The highest BCUT2D eigenvalue weighted by atomic mass is 16.1. The third-order valence-electron chi connectivity index (χ3n) is 6.06. The van der Waals surface area contributed by atoms with Gasteiger partial charge in [0.2, 0.25) is 5.95 Å². The van der Waals surface area contributed by atoms with Gasteiger partial charge in [-0.15, -0.1) is 0 Å². The molecule has 1 aliphatic heterocycles. The second-order valence-corrected chi connectivity index (χ2v) is 8.25. The summed E-state index contributed by atoms with van der Waals surface area (Å²) in [6, 6.07) is 5.25. The molecule has 0 spiro atoms. The minimum absolute atomic E-state index is 0.0566. The molecule has 4 aromatic rings. The van der Waals surface area contributed by atoms with Crippen molar-refractivity contribution in [1.29, 1.82) is 0 Å². The second-order valence-electron chi connectivity index (χ2n) is 8.25. The smallest absolute Gasteiger partial charge is 0.265 e. The van der Waals surface area contributed by atoms with E-state index in [1.807, 2.05) is 12.1 Å². The zero-order valence-corrected chi connectivity index (χ0v) is 18.0. The second kappa shape index (κ2) is 8.03. The maximum atomic E-state index is 12.7. The molecule has 1 fully saturated rings. The lowest BCUT2D eigenvalue weighted by Crippen LogP contribution is -2.39. The quantitative estimate of drug-likeness (QED) is 0.477. The van der Waals surface area contributed by atoms with E-state index in [9.17, 15) is 9.59 Å². The van der Waals surface area contributed by atoms with Crippen molar-refractivity contribution in [2.75, 3.05) is 18.0 Å². The lowest BCUT2D eigenvalue weighted by atomic mass is 9.97. The van der Waals surface area contributed by atoms with E-state index < -0.39 is 0 Å². The molecule has 1 aliphatic rings. The summed E-state index contributed by atoms with van der Waals surface area (Å²) in [5.41, 5.74) is 1.85. The molecule has 10 heteroatoms. The average molecular weight is 432 g/mol. The first-order valence-corrected chi connectivity index (χ1v) is 10.6. The number of aryl methyl sites for hydroxylation is 1. The molecule has 164 valence electrons. The van der Waals surface area contributed by atoms with Gasteiger partial charge < -0.3 is 4.90 Å². The lowest BCUT2D eigenvalue weighted by Gasteiger charge is -2.33. The largest absolute Gasteiger partial charge is 0.342 e. The van der Waals surface area contributed by atoms with Crippen LogP contribution < -0.4 is 16.0 Å². The predicted octanol–water partition coefficient (Wildman–Crippen LogP) is 1.20. The summed E-state index contributed by atoms with van der Waals surface area (Å²) in [4.78, 5) is 40.5. The molecule has 32 heavy (non-hydrogen) atoms.